The van der Waals surface area contributed by atoms with Crippen molar-refractivity contribution < 1.29 is 4.79 Å². The van der Waals surface area contributed by atoms with Gasteiger partial charge in [-0.15, -0.1) is 0 Å². The van der Waals surface area contributed by atoms with Gasteiger partial charge in [-0.2, -0.15) is 5.10 Å². The molecule has 0 aliphatic heterocycles. The summed E-state index contributed by atoms with van der Waals surface area (Å²) in [5.74, 6) is -0.207. The van der Waals surface area contributed by atoms with Crippen molar-refractivity contribution in [3.8, 4) is 0 Å². The molecule has 0 saturated carbocycles. The fourth-order valence-electron chi connectivity index (χ4n) is 1.59. The van der Waals surface area contributed by atoms with Crippen molar-refractivity contribution in [2.24, 2.45) is 0 Å². The van der Waals surface area contributed by atoms with Gasteiger partial charge in [0.1, 0.15) is 0 Å². The number of carbonyl (C=O) groups is 1. The molecular weight excluding hydrogens is 202 g/mol. The lowest BCUT2D eigenvalue weighted by molar-refractivity contribution is -0.111. The van der Waals surface area contributed by atoms with Gasteiger partial charge < -0.3 is 5.32 Å². The van der Waals surface area contributed by atoms with Crippen molar-refractivity contribution in [2.75, 3.05) is 5.32 Å². The van der Waals surface area contributed by atoms with E-state index < -0.39 is 0 Å². The Morgan fingerprint density at radius 2 is 2.44 bits per heavy atom. The second-order valence-electron chi connectivity index (χ2n) is 3.43. The average Bonchev–Trinajstić information content (AvgIpc) is 2.71. The number of amides is 1. The Balaban J connectivity index is 2.41. The molecule has 1 aromatic carbocycles. The van der Waals surface area contributed by atoms with Gasteiger partial charge in [-0.3, -0.25) is 9.48 Å². The predicted octanol–water partition coefficient (Wildman–Crippen LogP) is 2.18. The summed E-state index contributed by atoms with van der Waals surface area (Å²) in [5.41, 5.74) is 1.77. The molecule has 0 atom stereocenters. The first-order valence-corrected chi connectivity index (χ1v) is 5.13. The number of hydrogen-bond donors (Lipinski definition) is 1. The summed E-state index contributed by atoms with van der Waals surface area (Å²) >= 11 is 0. The molecule has 1 heterocycles. The van der Waals surface area contributed by atoms with E-state index in [2.05, 4.69) is 17.0 Å². The van der Waals surface area contributed by atoms with Gasteiger partial charge in [0.2, 0.25) is 5.91 Å². The molecule has 0 aliphatic carbocycles. The van der Waals surface area contributed by atoms with Crippen LogP contribution in [0.5, 0.6) is 0 Å². The number of fused-ring (bicyclic) bond motifs is 1. The molecule has 0 fully saturated rings. The number of aryl methyl sites for hydroxylation is 1. The Morgan fingerprint density at radius 3 is 3.12 bits per heavy atom. The van der Waals surface area contributed by atoms with Crippen LogP contribution in [0.4, 0.5) is 5.69 Å². The van der Waals surface area contributed by atoms with Crippen LogP contribution in [0.3, 0.4) is 0 Å². The van der Waals surface area contributed by atoms with E-state index in [1.165, 1.54) is 6.08 Å². The molecule has 0 spiro atoms. The third-order valence-electron chi connectivity index (χ3n) is 2.40. The number of nitrogens with one attached hydrogen (secondary N) is 1. The molecule has 0 unspecified atom stereocenters. The van der Waals surface area contributed by atoms with Crippen LogP contribution in [0, 0.1) is 0 Å². The van der Waals surface area contributed by atoms with Crippen molar-refractivity contribution in [2.45, 2.75) is 13.5 Å². The van der Waals surface area contributed by atoms with Gasteiger partial charge in [-0.25, -0.2) is 0 Å². The fourth-order valence-corrected chi connectivity index (χ4v) is 1.59. The predicted molar refractivity (Wildman–Crippen MR) is 64.2 cm³/mol. The highest BCUT2D eigenvalue weighted by Crippen LogP contribution is 2.18. The second-order valence-corrected chi connectivity index (χ2v) is 3.43. The first-order valence-electron chi connectivity index (χ1n) is 5.13. The normalized spacial score (nSPS) is 10.3. The molecule has 0 aliphatic rings. The maximum Gasteiger partial charge on any atom is 0.247 e. The summed E-state index contributed by atoms with van der Waals surface area (Å²) in [7, 11) is 0. The molecule has 1 aromatic heterocycles. The smallest absolute Gasteiger partial charge is 0.247 e. The highest BCUT2D eigenvalue weighted by Gasteiger charge is 2.03. The molecule has 16 heavy (non-hydrogen) atoms. The van der Waals surface area contributed by atoms with Crippen LogP contribution in [0.15, 0.2) is 37.1 Å². The molecule has 0 bridgehead atoms. The molecule has 2 aromatic rings. The number of nitrogens with zero attached hydrogens (tertiary/aromatic N) is 2. The van der Waals surface area contributed by atoms with Crippen molar-refractivity contribution in [3.05, 3.63) is 37.1 Å². The van der Waals surface area contributed by atoms with E-state index in [4.69, 9.17) is 0 Å². The lowest BCUT2D eigenvalue weighted by Gasteiger charge is -2.03. The number of anilines is 1. The van der Waals surface area contributed by atoms with Gasteiger partial charge in [0.25, 0.3) is 0 Å². The van der Waals surface area contributed by atoms with E-state index in [0.29, 0.717) is 0 Å². The van der Waals surface area contributed by atoms with Crippen molar-refractivity contribution in [1.82, 2.24) is 9.78 Å². The monoisotopic (exact) mass is 215 g/mol. The van der Waals surface area contributed by atoms with Crippen LogP contribution in [0.1, 0.15) is 6.92 Å². The minimum absolute atomic E-state index is 0.207. The van der Waals surface area contributed by atoms with Gasteiger partial charge in [-0.1, -0.05) is 6.58 Å². The number of carbonyl (C=O) groups excluding carboxylic acids is 1. The minimum Gasteiger partial charge on any atom is -0.322 e. The Morgan fingerprint density at radius 1 is 1.62 bits per heavy atom. The summed E-state index contributed by atoms with van der Waals surface area (Å²) in [6.45, 7) is 6.25. The molecular formula is C12H13N3O. The lowest BCUT2D eigenvalue weighted by atomic mass is 10.2. The fraction of sp³-hybridized carbons (Fsp3) is 0.167. The van der Waals surface area contributed by atoms with E-state index in [0.717, 1.165) is 23.1 Å². The number of rotatable bonds is 3. The van der Waals surface area contributed by atoms with E-state index in [1.54, 1.807) is 0 Å². The Labute approximate surface area is 93.6 Å². The zero-order valence-electron chi connectivity index (χ0n) is 9.10. The third kappa shape index (κ3) is 1.82. The van der Waals surface area contributed by atoms with Crippen LogP contribution in [0.25, 0.3) is 10.9 Å². The number of benzene rings is 1. The van der Waals surface area contributed by atoms with Crippen LogP contribution < -0.4 is 5.32 Å². The topological polar surface area (TPSA) is 46.9 Å². The van der Waals surface area contributed by atoms with Gasteiger partial charge in [0, 0.05) is 17.6 Å². The average molecular weight is 215 g/mol. The highest BCUT2D eigenvalue weighted by atomic mass is 16.1. The largest absolute Gasteiger partial charge is 0.322 e. The van der Waals surface area contributed by atoms with E-state index in [1.807, 2.05) is 36.0 Å². The summed E-state index contributed by atoms with van der Waals surface area (Å²) in [6.07, 6.45) is 3.07. The third-order valence-corrected chi connectivity index (χ3v) is 2.40. The van der Waals surface area contributed by atoms with Crippen molar-refractivity contribution in [1.29, 1.82) is 0 Å². The molecule has 1 amide bonds. The van der Waals surface area contributed by atoms with E-state index in [-0.39, 0.29) is 5.91 Å². The summed E-state index contributed by atoms with van der Waals surface area (Å²) in [6, 6.07) is 5.70. The van der Waals surface area contributed by atoms with Crippen LogP contribution in [0.2, 0.25) is 0 Å². The summed E-state index contributed by atoms with van der Waals surface area (Å²) in [5, 5.41) is 8.03. The van der Waals surface area contributed by atoms with Gasteiger partial charge >= 0.3 is 0 Å². The van der Waals surface area contributed by atoms with Gasteiger partial charge in [0.15, 0.2) is 0 Å². The quantitative estimate of drug-likeness (QED) is 0.798. The first-order chi connectivity index (χ1) is 7.74. The van der Waals surface area contributed by atoms with Crippen LogP contribution >= 0.6 is 0 Å². The molecule has 1 N–H and O–H groups in total. The first kappa shape index (κ1) is 10.4. The Hall–Kier alpha value is -2.10. The second kappa shape index (κ2) is 4.18. The maximum atomic E-state index is 11.2. The molecule has 4 heteroatoms. The van der Waals surface area contributed by atoms with Crippen LogP contribution in [-0.4, -0.2) is 15.7 Å². The van der Waals surface area contributed by atoms with E-state index >= 15 is 0 Å². The Bertz CT molecular complexity index is 542. The van der Waals surface area contributed by atoms with Crippen molar-refractivity contribution >= 4 is 22.5 Å². The van der Waals surface area contributed by atoms with Crippen LogP contribution in [-0.2, 0) is 11.3 Å². The molecule has 82 valence electrons. The molecule has 0 radical (unpaired) electrons. The van der Waals surface area contributed by atoms with E-state index in [9.17, 15) is 4.79 Å². The molecule has 4 nitrogen and oxygen atoms in total. The van der Waals surface area contributed by atoms with Crippen molar-refractivity contribution in [3.63, 3.8) is 0 Å². The van der Waals surface area contributed by atoms with Gasteiger partial charge in [0.05, 0.1) is 11.7 Å². The minimum atomic E-state index is -0.207. The molecule has 0 saturated heterocycles. The highest BCUT2D eigenvalue weighted by molar-refractivity contribution is 6.00. The Kier molecular flexibility index (Phi) is 2.72. The zero-order chi connectivity index (χ0) is 11.5. The number of aromatic nitrogens is 2. The van der Waals surface area contributed by atoms with Gasteiger partial charge in [-0.05, 0) is 31.2 Å². The summed E-state index contributed by atoms with van der Waals surface area (Å²) < 4.78 is 1.89. The SMILES string of the molecule is C=CC(=O)Nc1ccc2cnn(CC)c2c1. The standard InChI is InChI=1S/C12H13N3O/c1-3-12(16)14-10-6-5-9-8-13-15(4-2)11(9)7-10/h3,5-8H,1,4H2,2H3,(H,14,16). The lowest BCUT2D eigenvalue weighted by Crippen LogP contribution is -2.07. The summed E-state index contributed by atoms with van der Waals surface area (Å²) in [4.78, 5) is 11.2. The maximum absolute atomic E-state index is 11.2. The number of hydrogen-bond acceptors (Lipinski definition) is 2. The zero-order valence-corrected chi connectivity index (χ0v) is 9.10. The molecule has 2 rings (SSSR count).